The number of rotatable bonds is 6. The summed E-state index contributed by atoms with van der Waals surface area (Å²) in [6.07, 6.45) is 2.47. The van der Waals surface area contributed by atoms with Crippen LogP contribution in [0.5, 0.6) is 0 Å². The third kappa shape index (κ3) is 3.92. The predicted molar refractivity (Wildman–Crippen MR) is 96.3 cm³/mol. The van der Waals surface area contributed by atoms with Gasteiger partial charge in [0.05, 0.1) is 6.61 Å². The summed E-state index contributed by atoms with van der Waals surface area (Å²) in [4.78, 5) is 2.28. The summed E-state index contributed by atoms with van der Waals surface area (Å²) in [6.45, 7) is 6.77. The van der Waals surface area contributed by atoms with E-state index < -0.39 is 0 Å². The molecule has 0 aromatic heterocycles. The minimum atomic E-state index is 0.505. The van der Waals surface area contributed by atoms with Gasteiger partial charge in [-0.05, 0) is 56.5 Å². The van der Waals surface area contributed by atoms with Gasteiger partial charge in [0.1, 0.15) is 6.73 Å². The van der Waals surface area contributed by atoms with E-state index in [0.29, 0.717) is 12.8 Å². The molecule has 1 atom stereocenters. The van der Waals surface area contributed by atoms with Crippen molar-refractivity contribution < 1.29 is 4.74 Å². The predicted octanol–water partition coefficient (Wildman–Crippen LogP) is 4.17. The number of benzene rings is 2. The molecule has 1 unspecified atom stereocenters. The molecule has 3 nitrogen and oxygen atoms in total. The highest BCUT2D eigenvalue weighted by Gasteiger charge is 2.17. The molecule has 0 bridgehead atoms. The lowest BCUT2D eigenvalue weighted by Gasteiger charge is -2.28. The van der Waals surface area contributed by atoms with Crippen molar-refractivity contribution in [2.24, 2.45) is 0 Å². The Kier molecular flexibility index (Phi) is 5.31. The first kappa shape index (κ1) is 16.0. The van der Waals surface area contributed by atoms with E-state index in [-0.39, 0.29) is 0 Å². The Labute approximate surface area is 139 Å². The minimum absolute atomic E-state index is 0.505. The maximum absolute atomic E-state index is 6.06. The van der Waals surface area contributed by atoms with Crippen molar-refractivity contribution in [1.29, 1.82) is 0 Å². The van der Waals surface area contributed by atoms with Crippen LogP contribution in [0.2, 0.25) is 0 Å². The van der Waals surface area contributed by atoms with Gasteiger partial charge in [-0.15, -0.1) is 0 Å². The van der Waals surface area contributed by atoms with Crippen molar-refractivity contribution >= 4 is 11.4 Å². The van der Waals surface area contributed by atoms with Crippen molar-refractivity contribution in [3.05, 3.63) is 59.7 Å². The van der Waals surface area contributed by atoms with Crippen LogP contribution >= 0.6 is 0 Å². The Bertz CT molecular complexity index is 590. The van der Waals surface area contributed by atoms with Gasteiger partial charge >= 0.3 is 0 Å². The van der Waals surface area contributed by atoms with Crippen LogP contribution in [0.3, 0.4) is 0 Å². The number of ether oxygens (including phenoxy) is 1. The largest absolute Gasteiger partial charge is 0.359 e. The molecule has 0 amide bonds. The number of para-hydroxylation sites is 2. The lowest BCUT2D eigenvalue weighted by molar-refractivity contribution is 0.122. The monoisotopic (exact) mass is 310 g/mol. The SMILES string of the molecule is Cc1ccccc1N(COCC1CCCN1)c1ccccc1C. The van der Waals surface area contributed by atoms with Gasteiger partial charge in [0.15, 0.2) is 0 Å². The Balaban J connectivity index is 1.79. The van der Waals surface area contributed by atoms with E-state index in [1.807, 2.05) is 0 Å². The molecule has 2 aromatic carbocycles. The van der Waals surface area contributed by atoms with Crippen LogP contribution < -0.4 is 10.2 Å². The summed E-state index contributed by atoms with van der Waals surface area (Å²) >= 11 is 0. The van der Waals surface area contributed by atoms with Crippen molar-refractivity contribution in [1.82, 2.24) is 5.32 Å². The van der Waals surface area contributed by atoms with E-state index in [4.69, 9.17) is 4.74 Å². The van der Waals surface area contributed by atoms with Crippen LogP contribution in [0.1, 0.15) is 24.0 Å². The summed E-state index contributed by atoms with van der Waals surface area (Å²) in [5.74, 6) is 0. The molecule has 3 heteroatoms. The summed E-state index contributed by atoms with van der Waals surface area (Å²) in [6, 6.07) is 17.5. The van der Waals surface area contributed by atoms with Crippen LogP contribution in [0.15, 0.2) is 48.5 Å². The zero-order valence-electron chi connectivity index (χ0n) is 14.1. The third-order valence-corrected chi connectivity index (χ3v) is 4.51. The molecule has 1 aliphatic heterocycles. The lowest BCUT2D eigenvalue weighted by atomic mass is 10.1. The standard InChI is InChI=1S/C20H26N2O/c1-16-8-3-5-11-19(16)22(20-12-6-4-9-17(20)2)15-23-14-18-10-7-13-21-18/h3-6,8-9,11-12,18,21H,7,10,13-15H2,1-2H3. The van der Waals surface area contributed by atoms with Crippen molar-refractivity contribution in [3.8, 4) is 0 Å². The molecule has 0 spiro atoms. The van der Waals surface area contributed by atoms with Gasteiger partial charge in [-0.1, -0.05) is 36.4 Å². The third-order valence-electron chi connectivity index (χ3n) is 4.51. The lowest BCUT2D eigenvalue weighted by Crippen LogP contribution is -2.30. The van der Waals surface area contributed by atoms with Crippen molar-refractivity contribution in [2.45, 2.75) is 32.7 Å². The Morgan fingerprint density at radius 1 is 1.00 bits per heavy atom. The molecule has 122 valence electrons. The van der Waals surface area contributed by atoms with Crippen LogP contribution in [0, 0.1) is 13.8 Å². The Morgan fingerprint density at radius 3 is 2.13 bits per heavy atom. The fourth-order valence-corrected chi connectivity index (χ4v) is 3.19. The van der Waals surface area contributed by atoms with Gasteiger partial charge < -0.3 is 15.0 Å². The number of hydrogen-bond donors (Lipinski definition) is 1. The van der Waals surface area contributed by atoms with Crippen LogP contribution in [0.25, 0.3) is 0 Å². The van der Waals surface area contributed by atoms with E-state index in [1.54, 1.807) is 0 Å². The van der Waals surface area contributed by atoms with Gasteiger partial charge in [-0.3, -0.25) is 0 Å². The number of aryl methyl sites for hydroxylation is 2. The summed E-state index contributed by atoms with van der Waals surface area (Å²) in [5.41, 5.74) is 4.94. The maximum atomic E-state index is 6.06. The first-order chi connectivity index (χ1) is 11.3. The number of hydrogen-bond acceptors (Lipinski definition) is 3. The average molecular weight is 310 g/mol. The molecule has 2 aromatic rings. The van der Waals surface area contributed by atoms with E-state index in [2.05, 4.69) is 72.6 Å². The van der Waals surface area contributed by atoms with Gasteiger partial charge in [-0.25, -0.2) is 0 Å². The molecule has 3 rings (SSSR count). The first-order valence-electron chi connectivity index (χ1n) is 8.45. The first-order valence-corrected chi connectivity index (χ1v) is 8.45. The quantitative estimate of drug-likeness (QED) is 0.811. The van der Waals surface area contributed by atoms with E-state index in [0.717, 1.165) is 13.2 Å². The molecule has 0 saturated carbocycles. The topological polar surface area (TPSA) is 24.5 Å². The fourth-order valence-electron chi connectivity index (χ4n) is 3.19. The van der Waals surface area contributed by atoms with Crippen LogP contribution in [0.4, 0.5) is 11.4 Å². The van der Waals surface area contributed by atoms with E-state index in [9.17, 15) is 0 Å². The van der Waals surface area contributed by atoms with Gasteiger partial charge in [0, 0.05) is 17.4 Å². The fraction of sp³-hybridized carbons (Fsp3) is 0.400. The normalized spacial score (nSPS) is 17.4. The Morgan fingerprint density at radius 2 is 1.61 bits per heavy atom. The molecular weight excluding hydrogens is 284 g/mol. The molecule has 1 aliphatic rings. The number of anilines is 2. The maximum Gasteiger partial charge on any atom is 0.123 e. The molecule has 0 aliphatic carbocycles. The molecule has 23 heavy (non-hydrogen) atoms. The second kappa shape index (κ2) is 7.62. The molecule has 1 N–H and O–H groups in total. The Hall–Kier alpha value is -1.84. The minimum Gasteiger partial charge on any atom is -0.359 e. The molecular formula is C20H26N2O. The van der Waals surface area contributed by atoms with E-state index >= 15 is 0 Å². The van der Waals surface area contributed by atoms with E-state index in [1.165, 1.54) is 35.3 Å². The highest BCUT2D eigenvalue weighted by Crippen LogP contribution is 2.30. The van der Waals surface area contributed by atoms with Crippen molar-refractivity contribution in [3.63, 3.8) is 0 Å². The van der Waals surface area contributed by atoms with Gasteiger partial charge in [0.25, 0.3) is 0 Å². The molecule has 1 fully saturated rings. The van der Waals surface area contributed by atoms with Crippen LogP contribution in [-0.4, -0.2) is 25.9 Å². The number of nitrogens with zero attached hydrogens (tertiary/aromatic N) is 1. The van der Waals surface area contributed by atoms with Gasteiger partial charge in [0.2, 0.25) is 0 Å². The average Bonchev–Trinajstić information content (AvgIpc) is 3.07. The zero-order valence-corrected chi connectivity index (χ0v) is 14.1. The van der Waals surface area contributed by atoms with Crippen molar-refractivity contribution in [2.75, 3.05) is 24.8 Å². The number of nitrogens with one attached hydrogen (secondary N) is 1. The highest BCUT2D eigenvalue weighted by molar-refractivity contribution is 5.68. The molecule has 1 heterocycles. The van der Waals surface area contributed by atoms with Gasteiger partial charge in [-0.2, -0.15) is 0 Å². The zero-order chi connectivity index (χ0) is 16.1. The summed E-state index contributed by atoms with van der Waals surface area (Å²) in [5, 5.41) is 3.49. The summed E-state index contributed by atoms with van der Waals surface area (Å²) < 4.78 is 6.06. The second-order valence-electron chi connectivity index (χ2n) is 6.29. The molecule has 1 saturated heterocycles. The molecule has 0 radical (unpaired) electrons. The summed E-state index contributed by atoms with van der Waals surface area (Å²) in [7, 11) is 0. The smallest absolute Gasteiger partial charge is 0.123 e. The highest BCUT2D eigenvalue weighted by atomic mass is 16.5. The second-order valence-corrected chi connectivity index (χ2v) is 6.29. The van der Waals surface area contributed by atoms with Crippen LogP contribution in [-0.2, 0) is 4.74 Å².